The standard InChI is InChI=1S/C32H32ClN5O3S/c1-18-15-24-29(27(20-7-9-22(33)10-8-20)26(18)28(19(2)39)41-32(3,4)5)42-30(35-24)38-14-13-37(31(38)40)23-11-12-25-21(16-23)17-34-36(25)6/h7-12,15-17,28H,13-14H2,1-6H3/t28-/m1/s1. The summed E-state index contributed by atoms with van der Waals surface area (Å²) in [5.74, 6) is -0.0803. The van der Waals surface area contributed by atoms with Gasteiger partial charge in [0.25, 0.3) is 0 Å². The number of ketones is 1. The summed E-state index contributed by atoms with van der Waals surface area (Å²) in [6.07, 6.45) is 1.04. The van der Waals surface area contributed by atoms with Crippen LogP contribution in [0.2, 0.25) is 5.02 Å². The quantitative estimate of drug-likeness (QED) is 0.199. The highest BCUT2D eigenvalue weighted by molar-refractivity contribution is 7.23. The summed E-state index contributed by atoms with van der Waals surface area (Å²) in [7, 11) is 1.90. The molecule has 10 heteroatoms. The first-order valence-electron chi connectivity index (χ1n) is 13.8. The smallest absolute Gasteiger partial charge is 0.330 e. The van der Waals surface area contributed by atoms with Crippen molar-refractivity contribution in [1.29, 1.82) is 0 Å². The van der Waals surface area contributed by atoms with Gasteiger partial charge in [-0.25, -0.2) is 9.78 Å². The third-order valence-electron chi connectivity index (χ3n) is 7.43. The summed E-state index contributed by atoms with van der Waals surface area (Å²) in [5.41, 5.74) is 5.54. The van der Waals surface area contributed by atoms with E-state index in [2.05, 4.69) is 5.10 Å². The van der Waals surface area contributed by atoms with E-state index in [1.165, 1.54) is 11.3 Å². The molecule has 1 aliphatic heterocycles. The maximum Gasteiger partial charge on any atom is 0.330 e. The number of nitrogens with zero attached hydrogens (tertiary/aromatic N) is 5. The number of hydrogen-bond acceptors (Lipinski definition) is 6. The average Bonchev–Trinajstić information content (AvgIpc) is 3.63. The molecule has 1 saturated heterocycles. The third-order valence-corrected chi connectivity index (χ3v) is 8.80. The van der Waals surface area contributed by atoms with Crippen molar-refractivity contribution in [2.75, 3.05) is 22.9 Å². The van der Waals surface area contributed by atoms with Crippen molar-refractivity contribution >= 4 is 66.7 Å². The summed E-state index contributed by atoms with van der Waals surface area (Å²) in [5, 5.41) is 6.54. The minimum Gasteiger partial charge on any atom is -0.360 e. The fourth-order valence-corrected chi connectivity index (χ4v) is 6.80. The predicted molar refractivity (Wildman–Crippen MR) is 170 cm³/mol. The van der Waals surface area contributed by atoms with Crippen LogP contribution in [-0.4, -0.2) is 45.3 Å². The number of urea groups is 1. The number of carbonyl (C=O) groups excluding carboxylic acids is 2. The third kappa shape index (κ3) is 5.06. The van der Waals surface area contributed by atoms with Gasteiger partial charge in [0.1, 0.15) is 6.10 Å². The van der Waals surface area contributed by atoms with Crippen molar-refractivity contribution in [1.82, 2.24) is 14.8 Å². The number of aryl methyl sites for hydroxylation is 2. The van der Waals surface area contributed by atoms with Gasteiger partial charge >= 0.3 is 6.03 Å². The van der Waals surface area contributed by atoms with Crippen molar-refractivity contribution in [2.24, 2.45) is 7.05 Å². The Morgan fingerprint density at radius 1 is 1.07 bits per heavy atom. The zero-order valence-corrected chi connectivity index (χ0v) is 26.0. The fourth-order valence-electron chi connectivity index (χ4n) is 5.53. The topological polar surface area (TPSA) is 80.6 Å². The van der Waals surface area contributed by atoms with E-state index in [1.807, 2.05) is 88.0 Å². The summed E-state index contributed by atoms with van der Waals surface area (Å²) in [4.78, 5) is 35.2. The van der Waals surface area contributed by atoms with Crippen molar-refractivity contribution in [3.8, 4) is 11.1 Å². The molecule has 8 nitrogen and oxygen atoms in total. The SMILES string of the molecule is CC(=O)[C@@H](OC(C)(C)C)c1c(C)cc2nc(N3CCN(c4ccc5c(cnn5C)c4)C3=O)sc2c1-c1ccc(Cl)cc1. The number of aromatic nitrogens is 3. The van der Waals surface area contributed by atoms with Crippen LogP contribution in [0.1, 0.15) is 44.9 Å². The Morgan fingerprint density at radius 2 is 1.79 bits per heavy atom. The molecule has 1 fully saturated rings. The molecule has 1 aliphatic rings. The number of hydrogen-bond donors (Lipinski definition) is 0. The van der Waals surface area contributed by atoms with Gasteiger partial charge in [-0.15, -0.1) is 0 Å². The molecule has 2 aromatic heterocycles. The van der Waals surface area contributed by atoms with Crippen molar-refractivity contribution in [3.05, 3.63) is 70.9 Å². The highest BCUT2D eigenvalue weighted by Crippen LogP contribution is 2.45. The monoisotopic (exact) mass is 601 g/mol. The van der Waals surface area contributed by atoms with Gasteiger partial charge in [-0.3, -0.25) is 19.3 Å². The highest BCUT2D eigenvalue weighted by atomic mass is 35.5. The molecule has 5 aromatic rings. The number of Topliss-reactive ketones (excluding diaryl/α,β-unsaturated/α-hetero) is 1. The maximum atomic E-state index is 13.7. The molecule has 0 bridgehead atoms. The molecule has 0 N–H and O–H groups in total. The molecule has 0 unspecified atom stereocenters. The summed E-state index contributed by atoms with van der Waals surface area (Å²) in [6, 6.07) is 15.4. The molecule has 216 valence electrons. The molecule has 1 atom stereocenters. The lowest BCUT2D eigenvalue weighted by atomic mass is 9.90. The zero-order chi connectivity index (χ0) is 29.9. The number of rotatable bonds is 6. The lowest BCUT2D eigenvalue weighted by Gasteiger charge is -2.29. The molecular formula is C32H32ClN5O3S. The second-order valence-corrected chi connectivity index (χ2v) is 13.1. The van der Waals surface area contributed by atoms with Crippen LogP contribution < -0.4 is 9.80 Å². The molecule has 3 heterocycles. The van der Waals surface area contributed by atoms with E-state index in [4.69, 9.17) is 21.3 Å². The number of anilines is 2. The first-order valence-corrected chi connectivity index (χ1v) is 15.0. The van der Waals surface area contributed by atoms with E-state index in [1.54, 1.807) is 22.9 Å². The van der Waals surface area contributed by atoms with Crippen LogP contribution in [0.3, 0.4) is 0 Å². The molecular weight excluding hydrogens is 570 g/mol. The molecule has 0 aliphatic carbocycles. The van der Waals surface area contributed by atoms with Crippen LogP contribution in [0, 0.1) is 6.92 Å². The largest absolute Gasteiger partial charge is 0.360 e. The van der Waals surface area contributed by atoms with Crippen LogP contribution in [0.15, 0.2) is 54.7 Å². The Bertz CT molecular complexity index is 1850. The Labute approximate surface area is 253 Å². The number of fused-ring (bicyclic) bond motifs is 2. The number of amides is 2. The highest BCUT2D eigenvalue weighted by Gasteiger charge is 2.35. The van der Waals surface area contributed by atoms with Gasteiger partial charge in [-0.1, -0.05) is 35.1 Å². The first kappa shape index (κ1) is 28.3. The number of ether oxygens (including phenoxy) is 1. The first-order chi connectivity index (χ1) is 19.9. The molecule has 6 rings (SSSR count). The number of thiazole rings is 1. The molecule has 0 radical (unpaired) electrons. The number of benzene rings is 3. The Balaban J connectivity index is 1.45. The van der Waals surface area contributed by atoms with Gasteiger partial charge in [0, 0.05) is 47.4 Å². The Morgan fingerprint density at radius 3 is 2.48 bits per heavy atom. The lowest BCUT2D eigenvalue weighted by molar-refractivity contribution is -0.138. The van der Waals surface area contributed by atoms with Crippen LogP contribution >= 0.6 is 22.9 Å². The van der Waals surface area contributed by atoms with E-state index in [-0.39, 0.29) is 11.8 Å². The molecule has 3 aromatic carbocycles. The maximum absolute atomic E-state index is 13.7. The zero-order valence-electron chi connectivity index (χ0n) is 24.4. The average molecular weight is 602 g/mol. The molecule has 0 spiro atoms. The molecule has 0 saturated carbocycles. The number of halogens is 1. The van der Waals surface area contributed by atoms with Gasteiger partial charge in [0.2, 0.25) is 0 Å². The second kappa shape index (κ2) is 10.5. The Hall–Kier alpha value is -3.79. The van der Waals surface area contributed by atoms with Crippen LogP contribution in [0.5, 0.6) is 0 Å². The number of carbonyl (C=O) groups is 2. The predicted octanol–water partition coefficient (Wildman–Crippen LogP) is 7.70. The van der Waals surface area contributed by atoms with Gasteiger partial charge in [0.05, 0.1) is 27.5 Å². The van der Waals surface area contributed by atoms with Crippen LogP contribution in [0.25, 0.3) is 32.2 Å². The van der Waals surface area contributed by atoms with Gasteiger partial charge in [-0.2, -0.15) is 5.10 Å². The summed E-state index contributed by atoms with van der Waals surface area (Å²) < 4.78 is 9.06. The molecule has 2 amide bonds. The van der Waals surface area contributed by atoms with Crippen LogP contribution in [0.4, 0.5) is 15.6 Å². The molecule has 42 heavy (non-hydrogen) atoms. The van der Waals surface area contributed by atoms with E-state index in [0.29, 0.717) is 23.2 Å². The van der Waals surface area contributed by atoms with E-state index >= 15 is 0 Å². The van der Waals surface area contributed by atoms with Crippen molar-refractivity contribution in [3.63, 3.8) is 0 Å². The van der Waals surface area contributed by atoms with Crippen LogP contribution in [-0.2, 0) is 16.6 Å². The normalized spacial score (nSPS) is 14.9. The van der Waals surface area contributed by atoms with Gasteiger partial charge in [-0.05, 0) is 82.1 Å². The van der Waals surface area contributed by atoms with Crippen molar-refractivity contribution < 1.29 is 14.3 Å². The minimum atomic E-state index is -0.767. The second-order valence-electron chi connectivity index (χ2n) is 11.7. The van der Waals surface area contributed by atoms with E-state index < -0.39 is 11.7 Å². The summed E-state index contributed by atoms with van der Waals surface area (Å²) >= 11 is 7.70. The minimum absolute atomic E-state index is 0.0803. The van der Waals surface area contributed by atoms with Crippen molar-refractivity contribution in [2.45, 2.75) is 46.3 Å². The lowest BCUT2D eigenvalue weighted by Crippen LogP contribution is -2.31. The summed E-state index contributed by atoms with van der Waals surface area (Å²) in [6.45, 7) is 10.4. The fraction of sp³-hybridized carbons (Fsp3) is 0.312. The van der Waals surface area contributed by atoms with E-state index in [0.717, 1.165) is 49.1 Å². The Kier molecular flexibility index (Phi) is 7.07. The van der Waals surface area contributed by atoms with Gasteiger partial charge in [0.15, 0.2) is 10.9 Å². The van der Waals surface area contributed by atoms with E-state index in [9.17, 15) is 9.59 Å². The van der Waals surface area contributed by atoms with Gasteiger partial charge < -0.3 is 4.74 Å².